The first-order chi connectivity index (χ1) is 9.70. The maximum Gasteiger partial charge on any atom is 0.226 e. The summed E-state index contributed by atoms with van der Waals surface area (Å²) in [4.78, 5) is 10.3. The van der Waals surface area contributed by atoms with Crippen LogP contribution >= 0.6 is 11.6 Å². The molecule has 0 unspecified atom stereocenters. The van der Waals surface area contributed by atoms with Crippen molar-refractivity contribution in [2.75, 3.05) is 19.1 Å². The van der Waals surface area contributed by atoms with Crippen molar-refractivity contribution in [3.63, 3.8) is 0 Å². The van der Waals surface area contributed by atoms with Crippen LogP contribution in [0.3, 0.4) is 0 Å². The molecule has 0 saturated heterocycles. The molecule has 0 saturated carbocycles. The topological polar surface area (TPSA) is 66.9 Å². The maximum absolute atomic E-state index is 5.96. The fourth-order valence-electron chi connectivity index (χ4n) is 2.07. The smallest absolute Gasteiger partial charge is 0.226 e. The molecule has 0 aliphatic carbocycles. The Hall–Kier alpha value is -2.34. The predicted molar refractivity (Wildman–Crippen MR) is 77.8 cm³/mol. The summed E-state index contributed by atoms with van der Waals surface area (Å²) in [6.45, 7) is 0. The number of methoxy groups -OCH3 is 1. The van der Waals surface area contributed by atoms with Crippen LogP contribution in [0.2, 0.25) is 5.28 Å². The number of hydrogen-bond acceptors (Lipinski definition) is 5. The standard InChI is InChI=1S/C13H12ClN5O/c1-19(9-5-3-4-6-10(9)20-2)12-8-7-15-18-11(8)16-13(14)17-12/h3-7H,1-2H3,(H,15,16,17,18). The number of hydrogen-bond donors (Lipinski definition) is 1. The highest BCUT2D eigenvalue weighted by molar-refractivity contribution is 6.28. The van der Waals surface area contributed by atoms with Gasteiger partial charge in [0.2, 0.25) is 5.28 Å². The molecular weight excluding hydrogens is 278 g/mol. The first-order valence-electron chi connectivity index (χ1n) is 5.94. The van der Waals surface area contributed by atoms with Gasteiger partial charge >= 0.3 is 0 Å². The van der Waals surface area contributed by atoms with E-state index in [2.05, 4.69) is 20.2 Å². The zero-order valence-electron chi connectivity index (χ0n) is 11.0. The highest BCUT2D eigenvalue weighted by Crippen LogP contribution is 2.34. The van der Waals surface area contributed by atoms with E-state index in [0.29, 0.717) is 11.5 Å². The Morgan fingerprint density at radius 2 is 2.05 bits per heavy atom. The van der Waals surface area contributed by atoms with Gasteiger partial charge < -0.3 is 9.64 Å². The molecule has 1 N–H and O–H groups in total. The number of aromatic nitrogens is 4. The van der Waals surface area contributed by atoms with Crippen LogP contribution in [0.1, 0.15) is 0 Å². The number of anilines is 2. The van der Waals surface area contributed by atoms with Gasteiger partial charge in [-0.1, -0.05) is 12.1 Å². The van der Waals surface area contributed by atoms with Crippen molar-refractivity contribution in [2.24, 2.45) is 0 Å². The van der Waals surface area contributed by atoms with E-state index in [1.807, 2.05) is 36.2 Å². The number of nitrogens with one attached hydrogen (secondary N) is 1. The largest absolute Gasteiger partial charge is 0.495 e. The molecule has 0 bridgehead atoms. The van der Waals surface area contributed by atoms with Crippen molar-refractivity contribution in [2.45, 2.75) is 0 Å². The average molecular weight is 290 g/mol. The lowest BCUT2D eigenvalue weighted by molar-refractivity contribution is 0.415. The Balaban J connectivity index is 2.17. The van der Waals surface area contributed by atoms with Gasteiger partial charge in [-0.2, -0.15) is 15.1 Å². The summed E-state index contributed by atoms with van der Waals surface area (Å²) in [6, 6.07) is 7.68. The van der Waals surface area contributed by atoms with Crippen LogP contribution in [-0.4, -0.2) is 34.3 Å². The minimum atomic E-state index is 0.165. The molecule has 1 aromatic carbocycles. The minimum Gasteiger partial charge on any atom is -0.495 e. The molecule has 3 rings (SSSR count). The number of benzene rings is 1. The van der Waals surface area contributed by atoms with Crippen LogP contribution in [-0.2, 0) is 0 Å². The van der Waals surface area contributed by atoms with Crippen molar-refractivity contribution in [1.29, 1.82) is 0 Å². The van der Waals surface area contributed by atoms with Gasteiger partial charge in [0, 0.05) is 7.05 Å². The van der Waals surface area contributed by atoms with E-state index < -0.39 is 0 Å². The highest BCUT2D eigenvalue weighted by atomic mass is 35.5. The third-order valence-corrected chi connectivity index (χ3v) is 3.20. The van der Waals surface area contributed by atoms with Crippen LogP contribution in [0.4, 0.5) is 11.5 Å². The molecule has 0 radical (unpaired) electrons. The summed E-state index contributed by atoms with van der Waals surface area (Å²) in [6.07, 6.45) is 1.67. The number of nitrogens with zero attached hydrogens (tertiary/aromatic N) is 4. The van der Waals surface area contributed by atoms with Gasteiger partial charge in [0.05, 0.1) is 24.4 Å². The summed E-state index contributed by atoms with van der Waals surface area (Å²) in [5.41, 5.74) is 1.48. The second-order valence-corrected chi connectivity index (χ2v) is 4.52. The zero-order chi connectivity index (χ0) is 14.1. The molecule has 20 heavy (non-hydrogen) atoms. The SMILES string of the molecule is COc1ccccc1N(C)c1nc(Cl)nc2[nH]ncc12. The van der Waals surface area contributed by atoms with Crippen LogP contribution in [0.25, 0.3) is 11.0 Å². The lowest BCUT2D eigenvalue weighted by atomic mass is 10.2. The molecule has 0 spiro atoms. The number of para-hydroxylation sites is 2. The Morgan fingerprint density at radius 3 is 2.85 bits per heavy atom. The molecular formula is C13H12ClN5O. The third-order valence-electron chi connectivity index (χ3n) is 3.03. The van der Waals surface area contributed by atoms with E-state index in [9.17, 15) is 0 Å². The Morgan fingerprint density at radius 1 is 1.25 bits per heavy atom. The van der Waals surface area contributed by atoms with Crippen LogP contribution in [0.5, 0.6) is 5.75 Å². The monoisotopic (exact) mass is 289 g/mol. The summed E-state index contributed by atoms with van der Waals surface area (Å²) in [5.74, 6) is 1.42. The quantitative estimate of drug-likeness (QED) is 0.751. The number of aromatic amines is 1. The van der Waals surface area contributed by atoms with E-state index in [4.69, 9.17) is 16.3 Å². The minimum absolute atomic E-state index is 0.165. The third kappa shape index (κ3) is 2.04. The second kappa shape index (κ2) is 4.97. The molecule has 7 heteroatoms. The molecule has 6 nitrogen and oxygen atoms in total. The Labute approximate surface area is 120 Å². The average Bonchev–Trinajstić information content (AvgIpc) is 2.93. The number of halogens is 1. The molecule has 0 amide bonds. The lowest BCUT2D eigenvalue weighted by Gasteiger charge is -2.21. The van der Waals surface area contributed by atoms with Gasteiger partial charge in [-0.05, 0) is 23.7 Å². The highest BCUT2D eigenvalue weighted by Gasteiger charge is 2.16. The van der Waals surface area contributed by atoms with Gasteiger partial charge in [0.25, 0.3) is 0 Å². The van der Waals surface area contributed by atoms with E-state index in [1.54, 1.807) is 13.3 Å². The van der Waals surface area contributed by atoms with Crippen molar-refractivity contribution >= 4 is 34.1 Å². The van der Waals surface area contributed by atoms with Gasteiger partial charge in [0.15, 0.2) is 5.65 Å². The summed E-state index contributed by atoms with van der Waals surface area (Å²) >= 11 is 5.96. The van der Waals surface area contributed by atoms with Crippen LogP contribution < -0.4 is 9.64 Å². The van der Waals surface area contributed by atoms with Gasteiger partial charge in [-0.25, -0.2) is 0 Å². The normalized spacial score (nSPS) is 10.8. The molecule has 2 heterocycles. The van der Waals surface area contributed by atoms with Crippen molar-refractivity contribution in [3.05, 3.63) is 35.7 Å². The predicted octanol–water partition coefficient (Wildman–Crippen LogP) is 2.78. The maximum atomic E-state index is 5.96. The Kier molecular flexibility index (Phi) is 3.15. The van der Waals surface area contributed by atoms with Crippen molar-refractivity contribution in [1.82, 2.24) is 20.2 Å². The summed E-state index contributed by atoms with van der Waals surface area (Å²) in [7, 11) is 3.52. The molecule has 102 valence electrons. The first-order valence-corrected chi connectivity index (χ1v) is 6.32. The fraction of sp³-hybridized carbons (Fsp3) is 0.154. The number of rotatable bonds is 3. The molecule has 0 aliphatic rings. The second-order valence-electron chi connectivity index (χ2n) is 4.18. The van der Waals surface area contributed by atoms with Crippen LogP contribution in [0.15, 0.2) is 30.5 Å². The van der Waals surface area contributed by atoms with Gasteiger partial charge in [0.1, 0.15) is 11.6 Å². The van der Waals surface area contributed by atoms with Crippen molar-refractivity contribution in [3.8, 4) is 5.75 Å². The Bertz CT molecular complexity index is 757. The van der Waals surface area contributed by atoms with E-state index >= 15 is 0 Å². The number of fused-ring (bicyclic) bond motifs is 1. The summed E-state index contributed by atoms with van der Waals surface area (Å²) < 4.78 is 5.37. The van der Waals surface area contributed by atoms with Gasteiger partial charge in [-0.15, -0.1) is 0 Å². The van der Waals surface area contributed by atoms with E-state index in [0.717, 1.165) is 16.8 Å². The number of ether oxygens (including phenoxy) is 1. The molecule has 0 atom stereocenters. The molecule has 2 aromatic heterocycles. The molecule has 3 aromatic rings. The zero-order valence-corrected chi connectivity index (χ0v) is 11.7. The summed E-state index contributed by atoms with van der Waals surface area (Å²) in [5, 5.41) is 7.73. The number of H-pyrrole nitrogens is 1. The first kappa shape index (κ1) is 12.7. The molecule has 0 aliphatic heterocycles. The fourth-order valence-corrected chi connectivity index (χ4v) is 2.23. The van der Waals surface area contributed by atoms with E-state index in [1.165, 1.54) is 0 Å². The van der Waals surface area contributed by atoms with E-state index in [-0.39, 0.29) is 5.28 Å². The molecule has 0 fully saturated rings. The van der Waals surface area contributed by atoms with Crippen LogP contribution in [0, 0.1) is 0 Å². The van der Waals surface area contributed by atoms with Gasteiger partial charge in [-0.3, -0.25) is 5.10 Å². The van der Waals surface area contributed by atoms with Crippen molar-refractivity contribution < 1.29 is 4.74 Å². The lowest BCUT2D eigenvalue weighted by Crippen LogP contribution is -2.13.